The van der Waals surface area contributed by atoms with Gasteiger partial charge >= 0.3 is 11.9 Å². The summed E-state index contributed by atoms with van der Waals surface area (Å²) in [6.07, 6.45) is -1.12. The van der Waals surface area contributed by atoms with E-state index in [4.69, 9.17) is 16.6 Å². The molecular weight excluding hydrogens is 216 g/mol. The molecule has 94 valence electrons. The molecule has 0 aliphatic carbocycles. The summed E-state index contributed by atoms with van der Waals surface area (Å²) >= 11 is 0. The van der Waals surface area contributed by atoms with Crippen LogP contribution in [-0.2, 0) is 14.3 Å². The van der Waals surface area contributed by atoms with Crippen LogP contribution in [0.2, 0.25) is 0 Å². The Balaban J connectivity index is 4.45. The van der Waals surface area contributed by atoms with Gasteiger partial charge in [0.15, 0.2) is 0 Å². The van der Waals surface area contributed by atoms with E-state index in [1.807, 2.05) is 0 Å². The van der Waals surface area contributed by atoms with Crippen LogP contribution in [0.25, 0.3) is 0 Å². The third-order valence-electron chi connectivity index (χ3n) is 2.30. The molecule has 0 bridgehead atoms. The van der Waals surface area contributed by atoms with E-state index in [1.54, 1.807) is 0 Å². The SMILES string of the molecule is C[C@@H](O)[C@](C)(N)C(=O)OC[C@](C)(N)C(=O)O. The summed E-state index contributed by atoms with van der Waals surface area (Å²) in [5.41, 5.74) is 7.58. The van der Waals surface area contributed by atoms with Gasteiger partial charge in [-0.1, -0.05) is 0 Å². The summed E-state index contributed by atoms with van der Waals surface area (Å²) < 4.78 is 4.66. The number of rotatable bonds is 5. The topological polar surface area (TPSA) is 136 Å². The van der Waals surface area contributed by atoms with Gasteiger partial charge in [-0.15, -0.1) is 0 Å². The van der Waals surface area contributed by atoms with Crippen molar-refractivity contribution in [3.8, 4) is 0 Å². The van der Waals surface area contributed by atoms with Gasteiger partial charge in [0.1, 0.15) is 17.7 Å². The zero-order valence-electron chi connectivity index (χ0n) is 9.56. The Morgan fingerprint density at radius 3 is 2.12 bits per heavy atom. The molecule has 16 heavy (non-hydrogen) atoms. The van der Waals surface area contributed by atoms with Crippen molar-refractivity contribution in [2.75, 3.05) is 6.61 Å². The highest BCUT2D eigenvalue weighted by molar-refractivity contribution is 5.82. The molecule has 0 aromatic carbocycles. The maximum Gasteiger partial charge on any atom is 0.328 e. The molecule has 0 saturated carbocycles. The number of aliphatic hydroxyl groups excluding tert-OH is 1. The Kier molecular flexibility index (Phi) is 4.42. The number of hydrogen-bond donors (Lipinski definition) is 4. The highest BCUT2D eigenvalue weighted by Crippen LogP contribution is 2.10. The van der Waals surface area contributed by atoms with Gasteiger partial charge in [-0.2, -0.15) is 0 Å². The number of carbonyl (C=O) groups excluding carboxylic acids is 1. The predicted molar refractivity (Wildman–Crippen MR) is 55.5 cm³/mol. The van der Waals surface area contributed by atoms with Crippen LogP contribution in [0.3, 0.4) is 0 Å². The summed E-state index contributed by atoms with van der Waals surface area (Å²) in [6, 6.07) is 0. The van der Waals surface area contributed by atoms with Crippen LogP contribution in [0.5, 0.6) is 0 Å². The van der Waals surface area contributed by atoms with Gasteiger partial charge in [0.05, 0.1) is 6.10 Å². The Morgan fingerprint density at radius 2 is 1.81 bits per heavy atom. The number of ether oxygens (including phenoxy) is 1. The molecule has 0 rings (SSSR count). The Bertz CT molecular complexity index is 286. The molecule has 0 saturated heterocycles. The average molecular weight is 234 g/mol. The van der Waals surface area contributed by atoms with Crippen molar-refractivity contribution in [1.29, 1.82) is 0 Å². The Labute approximate surface area is 93.4 Å². The fourth-order valence-electron chi connectivity index (χ4n) is 0.603. The minimum absolute atomic E-state index is 0.513. The number of aliphatic hydroxyl groups is 1. The van der Waals surface area contributed by atoms with Crippen molar-refractivity contribution in [3.05, 3.63) is 0 Å². The van der Waals surface area contributed by atoms with Crippen LogP contribution in [0.15, 0.2) is 0 Å². The van der Waals surface area contributed by atoms with Crippen LogP contribution < -0.4 is 11.5 Å². The zero-order chi connectivity index (χ0) is 13.1. The maximum atomic E-state index is 11.4. The van der Waals surface area contributed by atoms with Gasteiger partial charge in [-0.25, -0.2) is 4.79 Å². The lowest BCUT2D eigenvalue weighted by molar-refractivity contribution is -0.158. The van der Waals surface area contributed by atoms with E-state index in [9.17, 15) is 14.7 Å². The van der Waals surface area contributed by atoms with Gasteiger partial charge in [0.25, 0.3) is 0 Å². The number of hydrogen-bond acceptors (Lipinski definition) is 6. The first-order valence-electron chi connectivity index (χ1n) is 4.68. The second-order valence-corrected chi connectivity index (χ2v) is 4.26. The first-order chi connectivity index (χ1) is 7.01. The highest BCUT2D eigenvalue weighted by Gasteiger charge is 2.38. The number of aliphatic carboxylic acids is 1. The minimum Gasteiger partial charge on any atom is -0.480 e. The maximum absolute atomic E-state index is 11.4. The summed E-state index contributed by atoms with van der Waals surface area (Å²) in [6.45, 7) is 3.31. The van der Waals surface area contributed by atoms with E-state index >= 15 is 0 Å². The van der Waals surface area contributed by atoms with Crippen LogP contribution >= 0.6 is 0 Å². The van der Waals surface area contributed by atoms with Crippen LogP contribution in [0.1, 0.15) is 20.8 Å². The molecule has 0 aliphatic rings. The summed E-state index contributed by atoms with van der Waals surface area (Å²) in [5, 5.41) is 17.9. The van der Waals surface area contributed by atoms with E-state index in [0.29, 0.717) is 0 Å². The molecule has 0 radical (unpaired) electrons. The molecule has 3 atom stereocenters. The first kappa shape index (κ1) is 14.8. The largest absolute Gasteiger partial charge is 0.480 e. The molecule has 7 heteroatoms. The molecular formula is C9H18N2O5. The lowest BCUT2D eigenvalue weighted by Crippen LogP contribution is -2.57. The Hall–Kier alpha value is -1.18. The molecule has 0 aliphatic heterocycles. The van der Waals surface area contributed by atoms with Crippen LogP contribution in [-0.4, -0.2) is 45.9 Å². The number of nitrogens with two attached hydrogens (primary N) is 2. The first-order valence-corrected chi connectivity index (χ1v) is 4.68. The summed E-state index contributed by atoms with van der Waals surface area (Å²) in [5.74, 6) is -2.20. The second kappa shape index (κ2) is 4.77. The normalized spacial score (nSPS) is 20.4. The van der Waals surface area contributed by atoms with Crippen LogP contribution in [0.4, 0.5) is 0 Å². The lowest BCUT2D eigenvalue weighted by Gasteiger charge is -2.27. The summed E-state index contributed by atoms with van der Waals surface area (Å²) in [4.78, 5) is 22.0. The molecule has 6 N–H and O–H groups in total. The smallest absolute Gasteiger partial charge is 0.328 e. The second-order valence-electron chi connectivity index (χ2n) is 4.26. The zero-order valence-corrected chi connectivity index (χ0v) is 9.56. The lowest BCUT2D eigenvalue weighted by atomic mass is 9.97. The van der Waals surface area contributed by atoms with Gasteiger partial charge in [-0.05, 0) is 20.8 Å². The highest BCUT2D eigenvalue weighted by atomic mass is 16.5. The monoisotopic (exact) mass is 234 g/mol. The molecule has 0 unspecified atom stereocenters. The molecule has 0 aromatic heterocycles. The van der Waals surface area contributed by atoms with Crippen molar-refractivity contribution in [2.24, 2.45) is 11.5 Å². The number of esters is 1. The molecule has 0 fully saturated rings. The van der Waals surface area contributed by atoms with Gasteiger partial charge in [-0.3, -0.25) is 4.79 Å². The Morgan fingerprint density at radius 1 is 1.38 bits per heavy atom. The fraction of sp³-hybridized carbons (Fsp3) is 0.778. The number of carbonyl (C=O) groups is 2. The molecule has 7 nitrogen and oxygen atoms in total. The standard InChI is InChI=1S/C9H18N2O5/c1-5(12)9(3,11)7(15)16-4-8(2,10)6(13)14/h5,12H,4,10-11H2,1-3H3,(H,13,14)/t5-,8+,9+/m1/s1. The minimum atomic E-state index is -1.68. The predicted octanol–water partition coefficient (Wildman–Crippen LogP) is -1.57. The third-order valence-corrected chi connectivity index (χ3v) is 2.30. The quantitative estimate of drug-likeness (QED) is 0.422. The molecule has 0 aromatic rings. The van der Waals surface area contributed by atoms with Gasteiger partial charge in [0.2, 0.25) is 0 Å². The summed E-state index contributed by atoms with van der Waals surface area (Å²) in [7, 11) is 0. The van der Waals surface area contributed by atoms with Crippen molar-refractivity contribution >= 4 is 11.9 Å². The van der Waals surface area contributed by atoms with Gasteiger partial charge in [0, 0.05) is 0 Å². The average Bonchev–Trinajstić information content (AvgIpc) is 2.13. The number of carboxylic acid groups (broad SMARTS) is 1. The molecule has 0 amide bonds. The van der Waals surface area contributed by atoms with E-state index in [2.05, 4.69) is 4.74 Å². The van der Waals surface area contributed by atoms with E-state index in [-0.39, 0.29) is 0 Å². The van der Waals surface area contributed by atoms with E-state index in [0.717, 1.165) is 0 Å². The van der Waals surface area contributed by atoms with Crippen LogP contribution in [0, 0.1) is 0 Å². The number of carboxylic acids is 1. The fourth-order valence-corrected chi connectivity index (χ4v) is 0.603. The molecule has 0 heterocycles. The van der Waals surface area contributed by atoms with Crippen molar-refractivity contribution < 1.29 is 24.5 Å². The van der Waals surface area contributed by atoms with Crippen molar-refractivity contribution in [2.45, 2.75) is 38.0 Å². The molecule has 0 spiro atoms. The van der Waals surface area contributed by atoms with Crippen molar-refractivity contribution in [1.82, 2.24) is 0 Å². The third kappa shape index (κ3) is 3.44. The van der Waals surface area contributed by atoms with Crippen molar-refractivity contribution in [3.63, 3.8) is 0 Å². The van der Waals surface area contributed by atoms with E-state index < -0.39 is 35.7 Å². The van der Waals surface area contributed by atoms with E-state index in [1.165, 1.54) is 20.8 Å². The van der Waals surface area contributed by atoms with Gasteiger partial charge < -0.3 is 26.4 Å².